The lowest BCUT2D eigenvalue weighted by molar-refractivity contribution is 1.17. The van der Waals surface area contributed by atoms with E-state index < -0.39 is 0 Å². The highest BCUT2D eigenvalue weighted by atomic mass is 15.0. The van der Waals surface area contributed by atoms with Gasteiger partial charge in [-0.1, -0.05) is 66.7 Å². The molecule has 6 aromatic carbocycles. The van der Waals surface area contributed by atoms with Crippen LogP contribution in [0.2, 0.25) is 0 Å². The van der Waals surface area contributed by atoms with Crippen molar-refractivity contribution >= 4 is 43.6 Å². The van der Waals surface area contributed by atoms with Crippen LogP contribution in [0, 0.1) is 22.7 Å². The number of aromatic nitrogens is 2. The van der Waals surface area contributed by atoms with Crippen molar-refractivity contribution in [2.75, 3.05) is 0 Å². The zero-order valence-corrected chi connectivity index (χ0v) is 22.5. The molecule has 0 aliphatic carbocycles. The molecular formula is C38H22N4. The summed E-state index contributed by atoms with van der Waals surface area (Å²) in [5.74, 6) is 0. The molecule has 0 saturated carbocycles. The lowest BCUT2D eigenvalue weighted by Crippen LogP contribution is -1.96. The van der Waals surface area contributed by atoms with Gasteiger partial charge in [-0.25, -0.2) is 0 Å². The Bertz CT molecular complexity index is 2340. The van der Waals surface area contributed by atoms with Crippen LogP contribution in [-0.4, -0.2) is 9.13 Å². The first-order valence-corrected chi connectivity index (χ1v) is 13.8. The van der Waals surface area contributed by atoms with Crippen molar-refractivity contribution in [3.63, 3.8) is 0 Å². The first kappa shape index (κ1) is 23.8. The van der Waals surface area contributed by atoms with E-state index in [1.165, 1.54) is 10.8 Å². The third kappa shape index (κ3) is 3.47. The highest BCUT2D eigenvalue weighted by Crippen LogP contribution is 2.41. The minimum Gasteiger partial charge on any atom is -0.309 e. The zero-order chi connectivity index (χ0) is 28.2. The second-order valence-corrected chi connectivity index (χ2v) is 10.5. The van der Waals surface area contributed by atoms with Crippen molar-refractivity contribution in [1.82, 2.24) is 9.13 Å². The van der Waals surface area contributed by atoms with E-state index in [4.69, 9.17) is 0 Å². The quantitative estimate of drug-likeness (QED) is 0.227. The molecule has 0 aliphatic rings. The van der Waals surface area contributed by atoms with Crippen LogP contribution in [0.3, 0.4) is 0 Å². The summed E-state index contributed by atoms with van der Waals surface area (Å²) >= 11 is 0. The maximum atomic E-state index is 9.62. The molecule has 42 heavy (non-hydrogen) atoms. The molecule has 4 heteroatoms. The van der Waals surface area contributed by atoms with Gasteiger partial charge in [0.25, 0.3) is 0 Å². The number of para-hydroxylation sites is 3. The van der Waals surface area contributed by atoms with Crippen molar-refractivity contribution < 1.29 is 0 Å². The van der Waals surface area contributed by atoms with Gasteiger partial charge in [-0.3, -0.25) is 0 Å². The standard InChI is InChI=1S/C38H22N4/c39-23-25-19-26(24-40)21-28(20-25)27-17-18-35-32(22-27)38-36(41(35)29-9-2-1-3-10-29)15-8-16-37(38)42-33-13-6-4-11-30(33)31-12-5-7-14-34(31)42/h1-22H. The summed E-state index contributed by atoms with van der Waals surface area (Å²) in [6.45, 7) is 0. The molecule has 0 amide bonds. The van der Waals surface area contributed by atoms with Gasteiger partial charge in [0.1, 0.15) is 0 Å². The van der Waals surface area contributed by atoms with Gasteiger partial charge >= 0.3 is 0 Å². The summed E-state index contributed by atoms with van der Waals surface area (Å²) in [7, 11) is 0. The molecule has 0 aliphatic heterocycles. The van der Waals surface area contributed by atoms with E-state index in [0.717, 1.165) is 55.3 Å². The summed E-state index contributed by atoms with van der Waals surface area (Å²) in [6, 6.07) is 50.3. The van der Waals surface area contributed by atoms with Crippen molar-refractivity contribution in [3.05, 3.63) is 145 Å². The Morgan fingerprint density at radius 2 is 1.02 bits per heavy atom. The van der Waals surface area contributed by atoms with E-state index in [1.807, 2.05) is 18.2 Å². The normalized spacial score (nSPS) is 11.3. The van der Waals surface area contributed by atoms with E-state index in [2.05, 4.69) is 130 Å². The first-order valence-electron chi connectivity index (χ1n) is 13.8. The van der Waals surface area contributed by atoms with Gasteiger partial charge in [-0.2, -0.15) is 10.5 Å². The Balaban J connectivity index is 1.52. The number of nitrogens with zero attached hydrogens (tertiary/aromatic N) is 4. The number of rotatable bonds is 3. The average Bonchev–Trinajstić information content (AvgIpc) is 3.57. The SMILES string of the molecule is N#Cc1cc(C#N)cc(-c2ccc3c(c2)c2c(-n4c5ccccc5c5ccccc54)cccc2n3-c2ccccc2)c1. The van der Waals surface area contributed by atoms with E-state index in [9.17, 15) is 10.5 Å². The predicted molar refractivity (Wildman–Crippen MR) is 170 cm³/mol. The van der Waals surface area contributed by atoms with Crippen LogP contribution in [0.15, 0.2) is 133 Å². The number of fused-ring (bicyclic) bond motifs is 6. The largest absolute Gasteiger partial charge is 0.309 e. The molecule has 0 spiro atoms. The fourth-order valence-electron chi connectivity index (χ4n) is 6.38. The Hall–Kier alpha value is -6.10. The van der Waals surface area contributed by atoms with Crippen molar-refractivity contribution in [1.29, 1.82) is 10.5 Å². The predicted octanol–water partition coefficient (Wildman–Crippen LogP) is 9.29. The molecule has 0 bridgehead atoms. The summed E-state index contributed by atoms with van der Waals surface area (Å²) in [4.78, 5) is 0. The van der Waals surface area contributed by atoms with Crippen LogP contribution in [0.25, 0.3) is 66.1 Å². The van der Waals surface area contributed by atoms with Crippen molar-refractivity contribution in [3.8, 4) is 34.6 Å². The fourth-order valence-corrected chi connectivity index (χ4v) is 6.38. The Morgan fingerprint density at radius 3 is 1.69 bits per heavy atom. The molecule has 8 aromatic rings. The number of hydrogen-bond donors (Lipinski definition) is 0. The molecule has 194 valence electrons. The summed E-state index contributed by atoms with van der Waals surface area (Å²) in [5, 5.41) is 23.9. The van der Waals surface area contributed by atoms with E-state index in [0.29, 0.717) is 11.1 Å². The smallest absolute Gasteiger partial charge is 0.0992 e. The van der Waals surface area contributed by atoms with E-state index >= 15 is 0 Å². The van der Waals surface area contributed by atoms with E-state index in [1.54, 1.807) is 6.07 Å². The topological polar surface area (TPSA) is 57.4 Å². The fraction of sp³-hybridized carbons (Fsp3) is 0. The molecule has 0 atom stereocenters. The van der Waals surface area contributed by atoms with Gasteiger partial charge in [0.2, 0.25) is 0 Å². The first-order chi connectivity index (χ1) is 20.7. The van der Waals surface area contributed by atoms with Gasteiger partial charge in [0.15, 0.2) is 0 Å². The number of hydrogen-bond acceptors (Lipinski definition) is 2. The summed E-state index contributed by atoms with van der Waals surface area (Å²) < 4.78 is 4.69. The van der Waals surface area contributed by atoms with Gasteiger partial charge in [-0.15, -0.1) is 0 Å². The van der Waals surface area contributed by atoms with Gasteiger partial charge < -0.3 is 9.13 Å². The molecule has 0 fully saturated rings. The third-order valence-corrected chi connectivity index (χ3v) is 8.13. The van der Waals surface area contributed by atoms with Gasteiger partial charge in [0, 0.05) is 27.2 Å². The lowest BCUT2D eigenvalue weighted by Gasteiger charge is -2.11. The van der Waals surface area contributed by atoms with Crippen LogP contribution in [-0.2, 0) is 0 Å². The molecule has 2 aromatic heterocycles. The van der Waals surface area contributed by atoms with E-state index in [-0.39, 0.29) is 0 Å². The molecule has 0 N–H and O–H groups in total. The van der Waals surface area contributed by atoms with Crippen LogP contribution in [0.4, 0.5) is 0 Å². The molecule has 8 rings (SSSR count). The average molecular weight is 535 g/mol. The second-order valence-electron chi connectivity index (χ2n) is 10.5. The number of nitriles is 2. The zero-order valence-electron chi connectivity index (χ0n) is 22.5. The maximum Gasteiger partial charge on any atom is 0.0992 e. The highest BCUT2D eigenvalue weighted by Gasteiger charge is 2.20. The summed E-state index contributed by atoms with van der Waals surface area (Å²) in [5.41, 5.74) is 9.45. The summed E-state index contributed by atoms with van der Waals surface area (Å²) in [6.07, 6.45) is 0. The molecule has 2 heterocycles. The van der Waals surface area contributed by atoms with Crippen LogP contribution in [0.1, 0.15) is 11.1 Å². The van der Waals surface area contributed by atoms with Crippen molar-refractivity contribution in [2.24, 2.45) is 0 Å². The molecule has 4 nitrogen and oxygen atoms in total. The monoisotopic (exact) mass is 534 g/mol. The molecule has 0 radical (unpaired) electrons. The highest BCUT2D eigenvalue weighted by molar-refractivity contribution is 6.17. The minimum absolute atomic E-state index is 0.474. The minimum atomic E-state index is 0.474. The Kier molecular flexibility index (Phi) is 5.22. The molecular weight excluding hydrogens is 512 g/mol. The van der Waals surface area contributed by atoms with Crippen molar-refractivity contribution in [2.45, 2.75) is 0 Å². The maximum absolute atomic E-state index is 9.62. The van der Waals surface area contributed by atoms with Gasteiger partial charge in [-0.05, 0) is 77.9 Å². The lowest BCUT2D eigenvalue weighted by atomic mass is 9.98. The van der Waals surface area contributed by atoms with Crippen LogP contribution < -0.4 is 0 Å². The molecule has 0 unspecified atom stereocenters. The molecule has 0 saturated heterocycles. The third-order valence-electron chi connectivity index (χ3n) is 8.13. The van der Waals surface area contributed by atoms with Gasteiger partial charge in [0.05, 0.1) is 51.0 Å². The Labute approximate surface area is 242 Å². The Morgan fingerprint density at radius 1 is 0.429 bits per heavy atom. The van der Waals surface area contributed by atoms with Crippen LogP contribution >= 0.6 is 0 Å². The second kappa shape index (κ2) is 9.24. The number of benzene rings is 6. The van der Waals surface area contributed by atoms with Crippen LogP contribution in [0.5, 0.6) is 0 Å².